The number of ether oxygens (including phenoxy) is 3. The fourth-order valence-electron chi connectivity index (χ4n) is 1.96. The molecule has 0 fully saturated rings. The molecule has 2 rings (SSSR count). The molecule has 0 radical (unpaired) electrons. The van der Waals surface area contributed by atoms with Gasteiger partial charge in [0.25, 0.3) is 5.91 Å². The number of amides is 1. The zero-order valence-corrected chi connectivity index (χ0v) is 13.2. The molecule has 0 aliphatic rings. The van der Waals surface area contributed by atoms with Crippen LogP contribution in [0.25, 0.3) is 0 Å². The summed E-state index contributed by atoms with van der Waals surface area (Å²) in [5, 5.41) is 12.5. The second kappa shape index (κ2) is 7.87. The second-order valence-corrected chi connectivity index (χ2v) is 4.71. The van der Waals surface area contributed by atoms with Crippen LogP contribution in [-0.4, -0.2) is 37.8 Å². The van der Waals surface area contributed by atoms with Crippen molar-refractivity contribution >= 4 is 17.6 Å². The minimum atomic E-state index is -0.827. The first-order valence-corrected chi connectivity index (χ1v) is 7.02. The minimum absolute atomic E-state index is 0.0801. The van der Waals surface area contributed by atoms with Crippen LogP contribution in [0, 0.1) is 0 Å². The summed E-state index contributed by atoms with van der Waals surface area (Å²) in [6.45, 7) is -0.493. The second-order valence-electron chi connectivity index (χ2n) is 4.71. The van der Waals surface area contributed by atoms with Gasteiger partial charge in [0, 0.05) is 11.8 Å². The van der Waals surface area contributed by atoms with E-state index in [1.54, 1.807) is 24.3 Å². The van der Waals surface area contributed by atoms with Crippen LogP contribution in [0.5, 0.6) is 17.2 Å². The maximum atomic E-state index is 12.0. The molecule has 0 saturated carbocycles. The average molecular weight is 331 g/mol. The van der Waals surface area contributed by atoms with Gasteiger partial charge in [-0.15, -0.1) is 0 Å². The molecule has 0 spiro atoms. The molecule has 0 heterocycles. The summed E-state index contributed by atoms with van der Waals surface area (Å²) in [5.41, 5.74) is 0.433. The number of para-hydroxylation sites is 1. The van der Waals surface area contributed by atoms with Gasteiger partial charge in [-0.2, -0.15) is 0 Å². The number of carbonyl (C=O) groups excluding carboxylic acids is 2. The van der Waals surface area contributed by atoms with Crippen molar-refractivity contribution < 1.29 is 28.9 Å². The fourth-order valence-corrected chi connectivity index (χ4v) is 1.96. The minimum Gasteiger partial charge on any atom is -0.504 e. The van der Waals surface area contributed by atoms with Gasteiger partial charge in [-0.3, -0.25) is 4.79 Å². The largest absolute Gasteiger partial charge is 0.504 e. The monoisotopic (exact) mass is 331 g/mol. The van der Waals surface area contributed by atoms with Gasteiger partial charge >= 0.3 is 5.97 Å². The van der Waals surface area contributed by atoms with Gasteiger partial charge in [-0.05, 0) is 24.3 Å². The van der Waals surface area contributed by atoms with E-state index in [9.17, 15) is 14.7 Å². The lowest BCUT2D eigenvalue weighted by atomic mass is 10.2. The molecule has 7 nitrogen and oxygen atoms in total. The van der Waals surface area contributed by atoms with Crippen molar-refractivity contribution in [3.63, 3.8) is 0 Å². The molecule has 0 aliphatic heterocycles. The molecular weight excluding hydrogens is 314 g/mol. The SMILES string of the molecule is COc1cccc(NC(=O)COC(=O)c2cccc(OC)c2O)c1. The van der Waals surface area contributed by atoms with Crippen LogP contribution >= 0.6 is 0 Å². The number of anilines is 1. The summed E-state index contributed by atoms with van der Waals surface area (Å²) in [4.78, 5) is 23.8. The molecule has 2 aromatic rings. The Kier molecular flexibility index (Phi) is 5.62. The van der Waals surface area contributed by atoms with E-state index in [0.717, 1.165) is 0 Å². The van der Waals surface area contributed by atoms with Crippen LogP contribution in [0.3, 0.4) is 0 Å². The van der Waals surface area contributed by atoms with E-state index in [1.807, 2.05) is 0 Å². The van der Waals surface area contributed by atoms with Gasteiger partial charge in [-0.25, -0.2) is 4.79 Å². The number of esters is 1. The summed E-state index contributed by atoms with van der Waals surface area (Å²) < 4.78 is 14.9. The summed E-state index contributed by atoms with van der Waals surface area (Å²) in [5.74, 6) is -0.944. The first kappa shape index (κ1) is 17.1. The normalized spacial score (nSPS) is 9.92. The molecule has 7 heteroatoms. The molecule has 2 aromatic carbocycles. The van der Waals surface area contributed by atoms with Crippen molar-refractivity contribution in [1.29, 1.82) is 0 Å². The number of methoxy groups -OCH3 is 2. The number of carbonyl (C=O) groups is 2. The third-order valence-electron chi connectivity index (χ3n) is 3.13. The highest BCUT2D eigenvalue weighted by atomic mass is 16.5. The zero-order valence-electron chi connectivity index (χ0n) is 13.2. The van der Waals surface area contributed by atoms with E-state index in [1.165, 1.54) is 32.4 Å². The highest BCUT2D eigenvalue weighted by molar-refractivity contribution is 5.97. The Hall–Kier alpha value is -3.22. The van der Waals surface area contributed by atoms with E-state index in [-0.39, 0.29) is 17.1 Å². The predicted octanol–water partition coefficient (Wildman–Crippen LogP) is 2.20. The van der Waals surface area contributed by atoms with Crippen molar-refractivity contribution in [3.8, 4) is 17.2 Å². The average Bonchev–Trinajstić information content (AvgIpc) is 2.60. The first-order valence-electron chi connectivity index (χ1n) is 7.02. The Bertz CT molecular complexity index is 744. The molecular formula is C17H17NO6. The molecule has 0 saturated heterocycles. The van der Waals surface area contributed by atoms with Crippen LogP contribution in [0.2, 0.25) is 0 Å². The quantitative estimate of drug-likeness (QED) is 0.788. The maximum absolute atomic E-state index is 12.0. The number of hydrogen-bond acceptors (Lipinski definition) is 6. The topological polar surface area (TPSA) is 94.1 Å². The molecule has 0 aliphatic carbocycles. The molecule has 0 bridgehead atoms. The van der Waals surface area contributed by atoms with Gasteiger partial charge in [0.05, 0.1) is 14.2 Å². The lowest BCUT2D eigenvalue weighted by Crippen LogP contribution is -2.21. The summed E-state index contributed by atoms with van der Waals surface area (Å²) in [7, 11) is 2.88. The van der Waals surface area contributed by atoms with Crippen molar-refractivity contribution in [3.05, 3.63) is 48.0 Å². The predicted molar refractivity (Wildman–Crippen MR) is 86.6 cm³/mol. The van der Waals surface area contributed by atoms with Gasteiger partial charge in [0.1, 0.15) is 11.3 Å². The maximum Gasteiger partial charge on any atom is 0.342 e. The van der Waals surface area contributed by atoms with Gasteiger partial charge in [-0.1, -0.05) is 12.1 Å². The molecule has 0 aromatic heterocycles. The van der Waals surface area contributed by atoms with E-state index < -0.39 is 18.5 Å². The van der Waals surface area contributed by atoms with Gasteiger partial charge < -0.3 is 24.6 Å². The number of phenols is 1. The summed E-state index contributed by atoms with van der Waals surface area (Å²) in [6, 6.07) is 11.2. The number of nitrogens with one attached hydrogen (secondary N) is 1. The van der Waals surface area contributed by atoms with Gasteiger partial charge in [0.15, 0.2) is 18.1 Å². The van der Waals surface area contributed by atoms with Crippen molar-refractivity contribution in [2.24, 2.45) is 0 Å². The van der Waals surface area contributed by atoms with Crippen LogP contribution in [-0.2, 0) is 9.53 Å². The Morgan fingerprint density at radius 2 is 1.83 bits per heavy atom. The van der Waals surface area contributed by atoms with Crippen LogP contribution in [0.15, 0.2) is 42.5 Å². The standard InChI is InChI=1S/C17H17NO6/c1-22-12-6-3-5-11(9-12)18-15(19)10-24-17(21)13-7-4-8-14(23-2)16(13)20/h3-9,20H,10H2,1-2H3,(H,18,19). The van der Waals surface area contributed by atoms with E-state index in [0.29, 0.717) is 11.4 Å². The summed E-state index contributed by atoms with van der Waals surface area (Å²) in [6.07, 6.45) is 0. The molecule has 0 unspecified atom stereocenters. The van der Waals surface area contributed by atoms with Crippen molar-refractivity contribution in [1.82, 2.24) is 0 Å². The molecule has 2 N–H and O–H groups in total. The Labute approximate surface area is 138 Å². The Balaban J connectivity index is 1.95. The van der Waals surface area contributed by atoms with Crippen LogP contribution in [0.1, 0.15) is 10.4 Å². The molecule has 1 amide bonds. The number of phenolic OH excluding ortho intramolecular Hbond substituents is 1. The van der Waals surface area contributed by atoms with Crippen LogP contribution < -0.4 is 14.8 Å². The van der Waals surface area contributed by atoms with E-state index in [2.05, 4.69) is 5.32 Å². The highest BCUT2D eigenvalue weighted by Gasteiger charge is 2.17. The number of benzene rings is 2. The zero-order chi connectivity index (χ0) is 17.5. The molecule has 126 valence electrons. The Morgan fingerprint density at radius 1 is 1.08 bits per heavy atom. The van der Waals surface area contributed by atoms with E-state index >= 15 is 0 Å². The van der Waals surface area contributed by atoms with Crippen molar-refractivity contribution in [2.75, 3.05) is 26.1 Å². The smallest absolute Gasteiger partial charge is 0.342 e. The van der Waals surface area contributed by atoms with Crippen molar-refractivity contribution in [2.45, 2.75) is 0 Å². The van der Waals surface area contributed by atoms with E-state index in [4.69, 9.17) is 14.2 Å². The fraction of sp³-hybridized carbons (Fsp3) is 0.176. The lowest BCUT2D eigenvalue weighted by Gasteiger charge is -2.10. The highest BCUT2D eigenvalue weighted by Crippen LogP contribution is 2.29. The number of hydrogen-bond donors (Lipinski definition) is 2. The third kappa shape index (κ3) is 4.16. The Morgan fingerprint density at radius 3 is 2.54 bits per heavy atom. The lowest BCUT2D eigenvalue weighted by molar-refractivity contribution is -0.119. The first-order chi connectivity index (χ1) is 11.5. The number of rotatable bonds is 6. The van der Waals surface area contributed by atoms with Crippen LogP contribution in [0.4, 0.5) is 5.69 Å². The number of aromatic hydroxyl groups is 1. The molecule has 24 heavy (non-hydrogen) atoms. The third-order valence-corrected chi connectivity index (χ3v) is 3.13. The summed E-state index contributed by atoms with van der Waals surface area (Å²) >= 11 is 0. The van der Waals surface area contributed by atoms with Gasteiger partial charge in [0.2, 0.25) is 0 Å². The molecule has 0 atom stereocenters.